The van der Waals surface area contributed by atoms with E-state index in [4.69, 9.17) is 14.2 Å². The zero-order chi connectivity index (χ0) is 21.0. The van der Waals surface area contributed by atoms with Crippen LogP contribution >= 0.6 is 0 Å². The Morgan fingerprint density at radius 3 is 2.62 bits per heavy atom. The smallest absolute Gasteiger partial charge is 0.159 e. The van der Waals surface area contributed by atoms with E-state index in [1.807, 2.05) is 11.0 Å². The van der Waals surface area contributed by atoms with Gasteiger partial charge in [0.2, 0.25) is 0 Å². The van der Waals surface area contributed by atoms with Gasteiger partial charge in [-0.15, -0.1) is 0 Å². The third-order valence-electron chi connectivity index (χ3n) is 5.01. The second-order valence-electron chi connectivity index (χ2n) is 7.12. The lowest BCUT2D eigenvalue weighted by atomic mass is 9.95. The van der Waals surface area contributed by atoms with Crippen LogP contribution in [0.1, 0.15) is 34.5 Å². The summed E-state index contributed by atoms with van der Waals surface area (Å²) in [6.45, 7) is 2.78. The van der Waals surface area contributed by atoms with Crippen LogP contribution in [0.4, 0.5) is 0 Å². The van der Waals surface area contributed by atoms with Crippen LogP contribution < -0.4 is 14.2 Å². The highest BCUT2D eigenvalue weighted by molar-refractivity contribution is 5.94. The molecule has 0 aliphatic carbocycles. The zero-order valence-corrected chi connectivity index (χ0v) is 16.9. The van der Waals surface area contributed by atoms with Crippen molar-refractivity contribution in [1.82, 2.24) is 4.90 Å². The zero-order valence-electron chi connectivity index (χ0n) is 16.9. The number of β-amino-alcohol motifs (C(OH)–C–C–N with tert-alkyl or cyclic N) is 2. The van der Waals surface area contributed by atoms with Crippen molar-refractivity contribution in [2.45, 2.75) is 25.7 Å². The number of Topliss-reactive ketones (excluding diaryl/α,β-unsaturated/α-hetero) is 1. The number of aliphatic hydroxyl groups is 2. The second kappa shape index (κ2) is 9.26. The first-order chi connectivity index (χ1) is 13.9. The summed E-state index contributed by atoms with van der Waals surface area (Å²) in [6, 6.07) is 10.5. The molecule has 29 heavy (non-hydrogen) atoms. The summed E-state index contributed by atoms with van der Waals surface area (Å²) >= 11 is 0. The largest absolute Gasteiger partial charge is 0.496 e. The molecule has 1 aliphatic heterocycles. The molecule has 0 saturated heterocycles. The van der Waals surface area contributed by atoms with Crippen LogP contribution in [0.3, 0.4) is 0 Å². The number of hydrogen-bond donors (Lipinski definition) is 2. The van der Waals surface area contributed by atoms with Gasteiger partial charge in [0.25, 0.3) is 0 Å². The number of methoxy groups -OCH3 is 2. The van der Waals surface area contributed by atoms with E-state index in [-0.39, 0.29) is 12.4 Å². The molecular formula is C22H27NO6. The van der Waals surface area contributed by atoms with E-state index in [9.17, 15) is 15.0 Å². The molecule has 1 aliphatic rings. The van der Waals surface area contributed by atoms with Gasteiger partial charge in [0, 0.05) is 36.3 Å². The fraction of sp³-hybridized carbons (Fsp3) is 0.409. The predicted octanol–water partition coefficient (Wildman–Crippen LogP) is 2.20. The Labute approximate surface area is 170 Å². The van der Waals surface area contributed by atoms with E-state index in [2.05, 4.69) is 0 Å². The van der Waals surface area contributed by atoms with Gasteiger partial charge in [-0.1, -0.05) is 12.1 Å². The topological polar surface area (TPSA) is 88.5 Å². The number of fused-ring (bicyclic) bond motifs is 1. The molecule has 7 heteroatoms. The third kappa shape index (κ3) is 4.87. The number of nitrogens with zero attached hydrogens (tertiary/aromatic N) is 1. The van der Waals surface area contributed by atoms with Crippen molar-refractivity contribution in [3.8, 4) is 17.2 Å². The van der Waals surface area contributed by atoms with Crippen LogP contribution in [-0.2, 0) is 6.54 Å². The molecule has 0 bridgehead atoms. The Morgan fingerprint density at radius 2 is 1.93 bits per heavy atom. The van der Waals surface area contributed by atoms with Crippen LogP contribution in [0.2, 0.25) is 0 Å². The minimum absolute atomic E-state index is 0.0404. The summed E-state index contributed by atoms with van der Waals surface area (Å²) in [5, 5.41) is 21.1. The Bertz CT molecular complexity index is 868. The lowest BCUT2D eigenvalue weighted by molar-refractivity contribution is 0.0322. The van der Waals surface area contributed by atoms with Crippen molar-refractivity contribution in [3.05, 3.63) is 53.1 Å². The van der Waals surface area contributed by atoms with Crippen LogP contribution in [0.25, 0.3) is 0 Å². The molecule has 0 amide bonds. The molecule has 2 atom stereocenters. The summed E-state index contributed by atoms with van der Waals surface area (Å²) in [4.78, 5) is 13.4. The first-order valence-electron chi connectivity index (χ1n) is 9.49. The molecular weight excluding hydrogens is 374 g/mol. The maximum absolute atomic E-state index is 11.5. The highest BCUT2D eigenvalue weighted by atomic mass is 16.5. The molecule has 2 N–H and O–H groups in total. The summed E-state index contributed by atoms with van der Waals surface area (Å²) in [5.74, 6) is 1.80. The lowest BCUT2D eigenvalue weighted by Gasteiger charge is -2.34. The van der Waals surface area contributed by atoms with E-state index in [1.54, 1.807) is 44.6 Å². The van der Waals surface area contributed by atoms with Gasteiger partial charge < -0.3 is 24.4 Å². The Kier molecular flexibility index (Phi) is 6.74. The Balaban J connectivity index is 1.64. The summed E-state index contributed by atoms with van der Waals surface area (Å²) in [5.41, 5.74) is 2.15. The molecule has 3 rings (SSSR count). The van der Waals surface area contributed by atoms with Crippen molar-refractivity contribution < 1.29 is 29.2 Å². The number of aliphatic hydroxyl groups excluding tert-OH is 2. The summed E-state index contributed by atoms with van der Waals surface area (Å²) < 4.78 is 16.5. The SMILES string of the molecule is COc1ccc(OC)c2c1CN(C[C@@H](O)COc1cccc(C(C)=O)c1)C[C@@H]2O. The maximum Gasteiger partial charge on any atom is 0.159 e. The molecule has 0 radical (unpaired) electrons. The van der Waals surface area contributed by atoms with Crippen LogP contribution in [0.5, 0.6) is 17.2 Å². The van der Waals surface area contributed by atoms with Gasteiger partial charge in [-0.2, -0.15) is 0 Å². The quantitative estimate of drug-likeness (QED) is 0.656. The Hall–Kier alpha value is -2.61. The van der Waals surface area contributed by atoms with Gasteiger partial charge in [-0.3, -0.25) is 9.69 Å². The van der Waals surface area contributed by atoms with Crippen LogP contribution in [-0.4, -0.2) is 60.9 Å². The molecule has 0 saturated carbocycles. The van der Waals surface area contributed by atoms with Crippen LogP contribution in [0.15, 0.2) is 36.4 Å². The molecule has 1 heterocycles. The molecule has 2 aromatic rings. The van der Waals surface area contributed by atoms with Gasteiger partial charge in [0.1, 0.15) is 30.0 Å². The summed E-state index contributed by atoms with van der Waals surface area (Å²) in [7, 11) is 3.16. The second-order valence-corrected chi connectivity index (χ2v) is 7.12. The third-order valence-corrected chi connectivity index (χ3v) is 5.01. The van der Waals surface area contributed by atoms with Gasteiger partial charge >= 0.3 is 0 Å². The molecule has 156 valence electrons. The maximum atomic E-state index is 11.5. The minimum Gasteiger partial charge on any atom is -0.496 e. The van der Waals surface area contributed by atoms with Crippen molar-refractivity contribution in [2.24, 2.45) is 0 Å². The van der Waals surface area contributed by atoms with Crippen molar-refractivity contribution >= 4 is 5.78 Å². The average Bonchev–Trinajstić information content (AvgIpc) is 2.71. The van der Waals surface area contributed by atoms with Gasteiger partial charge in [-0.25, -0.2) is 0 Å². The van der Waals surface area contributed by atoms with E-state index in [1.165, 1.54) is 6.92 Å². The predicted molar refractivity (Wildman–Crippen MR) is 108 cm³/mol. The minimum atomic E-state index is -0.763. The standard InChI is InChI=1S/C22H27NO6/c1-14(24)15-5-4-6-17(9-15)29-13-16(25)10-23-11-18-20(27-2)7-8-21(28-3)22(18)19(26)12-23/h4-9,16,19,25-26H,10-13H2,1-3H3/t16-,19+/m1/s1. The molecule has 0 aromatic heterocycles. The van der Waals surface area contributed by atoms with Gasteiger partial charge in [0.05, 0.1) is 20.3 Å². The van der Waals surface area contributed by atoms with E-state index >= 15 is 0 Å². The molecule has 0 fully saturated rings. The molecule has 7 nitrogen and oxygen atoms in total. The average molecular weight is 401 g/mol. The summed E-state index contributed by atoms with van der Waals surface area (Å²) in [6.07, 6.45) is -1.51. The fourth-order valence-corrected chi connectivity index (χ4v) is 3.63. The molecule has 0 unspecified atom stereocenters. The Morgan fingerprint density at radius 1 is 1.21 bits per heavy atom. The number of benzene rings is 2. The van der Waals surface area contributed by atoms with E-state index < -0.39 is 12.2 Å². The number of ketones is 1. The molecule has 2 aromatic carbocycles. The monoisotopic (exact) mass is 401 g/mol. The van der Waals surface area contributed by atoms with Crippen molar-refractivity contribution in [1.29, 1.82) is 0 Å². The van der Waals surface area contributed by atoms with Crippen molar-refractivity contribution in [3.63, 3.8) is 0 Å². The van der Waals surface area contributed by atoms with Crippen LogP contribution in [0, 0.1) is 0 Å². The number of hydrogen-bond acceptors (Lipinski definition) is 7. The first-order valence-corrected chi connectivity index (χ1v) is 9.49. The first kappa shape index (κ1) is 21.1. The van der Waals surface area contributed by atoms with Gasteiger partial charge in [0.15, 0.2) is 5.78 Å². The number of carbonyl (C=O) groups is 1. The van der Waals surface area contributed by atoms with E-state index in [0.29, 0.717) is 42.4 Å². The highest BCUT2D eigenvalue weighted by Gasteiger charge is 2.30. The molecule has 0 spiro atoms. The number of carbonyl (C=O) groups excluding carboxylic acids is 1. The fourth-order valence-electron chi connectivity index (χ4n) is 3.63. The lowest BCUT2D eigenvalue weighted by Crippen LogP contribution is -2.40. The number of ether oxygens (including phenoxy) is 3. The van der Waals surface area contributed by atoms with Gasteiger partial charge in [-0.05, 0) is 31.2 Å². The van der Waals surface area contributed by atoms with E-state index in [0.717, 1.165) is 11.1 Å². The number of rotatable bonds is 8. The highest BCUT2D eigenvalue weighted by Crippen LogP contribution is 2.39. The van der Waals surface area contributed by atoms with Crippen molar-refractivity contribution in [2.75, 3.05) is 33.9 Å². The normalized spacial score (nSPS) is 17.3.